The van der Waals surface area contributed by atoms with E-state index in [0.29, 0.717) is 0 Å². The summed E-state index contributed by atoms with van der Waals surface area (Å²) in [6.07, 6.45) is 0.189. The zero-order valence-electron chi connectivity index (χ0n) is 8.94. The van der Waals surface area contributed by atoms with Crippen molar-refractivity contribution in [3.05, 3.63) is 29.0 Å². The third kappa shape index (κ3) is 3.92. The number of hydrogen-bond acceptors (Lipinski definition) is 4. The number of sulfone groups is 1. The van der Waals surface area contributed by atoms with Crippen molar-refractivity contribution in [1.29, 1.82) is 0 Å². The molecule has 96 valence electrons. The maximum absolute atomic E-state index is 12.9. The molecule has 0 bridgehead atoms. The van der Waals surface area contributed by atoms with Crippen LogP contribution in [-0.4, -0.2) is 31.9 Å². The van der Waals surface area contributed by atoms with Crippen molar-refractivity contribution in [2.45, 2.75) is 17.4 Å². The second-order valence-electron chi connectivity index (χ2n) is 3.63. The van der Waals surface area contributed by atoms with E-state index in [9.17, 15) is 12.8 Å². The van der Waals surface area contributed by atoms with Gasteiger partial charge in [0.05, 0.1) is 15.7 Å². The van der Waals surface area contributed by atoms with Gasteiger partial charge in [-0.3, -0.25) is 0 Å². The van der Waals surface area contributed by atoms with Crippen molar-refractivity contribution in [1.82, 2.24) is 0 Å². The van der Waals surface area contributed by atoms with Gasteiger partial charge in [-0.15, -0.1) is 0 Å². The maximum Gasteiger partial charge on any atom is 0.179 e. The Morgan fingerprint density at radius 2 is 2.12 bits per heavy atom. The van der Waals surface area contributed by atoms with E-state index in [1.165, 1.54) is 0 Å². The molecule has 0 heterocycles. The average Bonchev–Trinajstić information content (AvgIpc) is 2.21. The van der Waals surface area contributed by atoms with E-state index in [0.717, 1.165) is 18.2 Å². The van der Waals surface area contributed by atoms with Crippen LogP contribution in [0.4, 0.5) is 4.39 Å². The van der Waals surface area contributed by atoms with Gasteiger partial charge in [-0.05, 0) is 24.6 Å². The summed E-state index contributed by atoms with van der Waals surface area (Å²) in [5.74, 6) is -0.986. The lowest BCUT2D eigenvalue weighted by Gasteiger charge is -2.11. The normalized spacial score (nSPS) is 13.6. The molecule has 0 fully saturated rings. The molecule has 0 aliphatic carbocycles. The number of aliphatic hydroxyl groups is 1. The summed E-state index contributed by atoms with van der Waals surface area (Å²) >= 11 is 5.51. The fourth-order valence-corrected chi connectivity index (χ4v) is 3.04. The van der Waals surface area contributed by atoms with Crippen LogP contribution in [0.25, 0.3) is 0 Å². The highest BCUT2D eigenvalue weighted by molar-refractivity contribution is 7.91. The fraction of sp³-hybridized carbons (Fsp3) is 0.400. The van der Waals surface area contributed by atoms with Crippen LogP contribution >= 0.6 is 11.6 Å². The molecule has 3 N–H and O–H groups in total. The minimum absolute atomic E-state index is 0.0720. The molecule has 0 aliphatic heterocycles. The highest BCUT2D eigenvalue weighted by Gasteiger charge is 2.19. The molecule has 1 aromatic carbocycles. The van der Waals surface area contributed by atoms with Crippen LogP contribution < -0.4 is 5.73 Å². The first-order valence-electron chi connectivity index (χ1n) is 4.91. The van der Waals surface area contributed by atoms with Crippen LogP contribution in [0.2, 0.25) is 5.02 Å². The van der Waals surface area contributed by atoms with Gasteiger partial charge >= 0.3 is 0 Å². The molecule has 0 spiro atoms. The standard InChI is InChI=1S/C10H13ClFNO3S/c11-9-5-8(1-2-10(9)12)17(15,16)6-7(13)3-4-14/h1-2,5,7,14H,3-4,6,13H2. The van der Waals surface area contributed by atoms with Crippen LogP contribution in [0.15, 0.2) is 23.1 Å². The summed E-state index contributed by atoms with van der Waals surface area (Å²) < 4.78 is 36.6. The predicted molar refractivity (Wildman–Crippen MR) is 63.1 cm³/mol. The van der Waals surface area contributed by atoms with Gasteiger partial charge in [-0.2, -0.15) is 0 Å². The summed E-state index contributed by atoms with van der Waals surface area (Å²) in [5.41, 5.74) is 5.53. The Hall–Kier alpha value is -0.690. The molecule has 0 aliphatic rings. The quantitative estimate of drug-likeness (QED) is 0.788. The lowest BCUT2D eigenvalue weighted by molar-refractivity contribution is 0.279. The van der Waals surface area contributed by atoms with E-state index >= 15 is 0 Å². The zero-order chi connectivity index (χ0) is 13.1. The summed E-state index contributed by atoms with van der Waals surface area (Å²) in [4.78, 5) is -0.0720. The Kier molecular flexibility index (Phi) is 4.88. The molecule has 1 unspecified atom stereocenters. The molecule has 1 rings (SSSR count). The Balaban J connectivity index is 2.93. The highest BCUT2D eigenvalue weighted by Crippen LogP contribution is 2.20. The van der Waals surface area contributed by atoms with Crippen molar-refractivity contribution in [3.63, 3.8) is 0 Å². The number of benzene rings is 1. The molecule has 0 saturated carbocycles. The second kappa shape index (κ2) is 5.77. The van der Waals surface area contributed by atoms with Crippen LogP contribution in [0.3, 0.4) is 0 Å². The predicted octanol–water partition coefficient (Wildman–Crippen LogP) is 0.963. The van der Waals surface area contributed by atoms with Gasteiger partial charge in [-0.25, -0.2) is 12.8 Å². The maximum atomic E-state index is 12.9. The van der Waals surface area contributed by atoms with Crippen LogP contribution in [0.1, 0.15) is 6.42 Å². The average molecular weight is 282 g/mol. The summed E-state index contributed by atoms with van der Waals surface area (Å²) in [6, 6.07) is 2.53. The Morgan fingerprint density at radius 3 is 2.65 bits per heavy atom. The number of rotatable bonds is 5. The zero-order valence-corrected chi connectivity index (χ0v) is 10.5. The van der Waals surface area contributed by atoms with Crippen molar-refractivity contribution < 1.29 is 17.9 Å². The summed E-state index contributed by atoms with van der Waals surface area (Å²) in [5, 5.41) is 8.39. The fourth-order valence-electron chi connectivity index (χ4n) is 1.30. The molecular formula is C10H13ClFNO3S. The van der Waals surface area contributed by atoms with Gasteiger partial charge in [0.25, 0.3) is 0 Å². The highest BCUT2D eigenvalue weighted by atomic mass is 35.5. The third-order valence-corrected chi connectivity index (χ3v) is 4.31. The first-order valence-corrected chi connectivity index (χ1v) is 6.94. The van der Waals surface area contributed by atoms with Crippen molar-refractivity contribution >= 4 is 21.4 Å². The molecular weight excluding hydrogens is 269 g/mol. The van der Waals surface area contributed by atoms with E-state index < -0.39 is 21.7 Å². The molecule has 0 aromatic heterocycles. The van der Waals surface area contributed by atoms with Gasteiger partial charge in [0.15, 0.2) is 9.84 Å². The van der Waals surface area contributed by atoms with E-state index in [1.54, 1.807) is 0 Å². The summed E-state index contributed by atoms with van der Waals surface area (Å²) in [6.45, 7) is -0.180. The van der Waals surface area contributed by atoms with Crippen molar-refractivity contribution in [2.24, 2.45) is 5.73 Å². The minimum Gasteiger partial charge on any atom is -0.396 e. The van der Waals surface area contributed by atoms with Gasteiger partial charge in [-0.1, -0.05) is 11.6 Å². The first kappa shape index (κ1) is 14.4. The Bertz CT molecular complexity index is 492. The van der Waals surface area contributed by atoms with Gasteiger partial charge < -0.3 is 10.8 Å². The second-order valence-corrected chi connectivity index (χ2v) is 6.07. The number of halogens is 2. The smallest absolute Gasteiger partial charge is 0.179 e. The SMILES string of the molecule is NC(CCO)CS(=O)(=O)c1ccc(F)c(Cl)c1. The number of hydrogen-bond donors (Lipinski definition) is 2. The topological polar surface area (TPSA) is 80.4 Å². The Labute approximate surface area is 104 Å². The minimum atomic E-state index is -3.61. The summed E-state index contributed by atoms with van der Waals surface area (Å²) in [7, 11) is -3.61. The van der Waals surface area contributed by atoms with E-state index in [1.807, 2.05) is 0 Å². The molecule has 4 nitrogen and oxygen atoms in total. The van der Waals surface area contributed by atoms with Crippen LogP contribution in [-0.2, 0) is 9.84 Å². The van der Waals surface area contributed by atoms with E-state index in [4.69, 9.17) is 22.4 Å². The molecule has 7 heteroatoms. The van der Waals surface area contributed by atoms with Crippen molar-refractivity contribution in [2.75, 3.05) is 12.4 Å². The lowest BCUT2D eigenvalue weighted by atomic mass is 10.3. The molecule has 0 saturated heterocycles. The number of nitrogens with two attached hydrogens (primary N) is 1. The van der Waals surface area contributed by atoms with E-state index in [2.05, 4.69) is 0 Å². The van der Waals surface area contributed by atoms with Gasteiger partial charge in [0.1, 0.15) is 5.82 Å². The molecule has 1 atom stereocenters. The molecule has 1 aromatic rings. The van der Waals surface area contributed by atoms with Crippen molar-refractivity contribution in [3.8, 4) is 0 Å². The Morgan fingerprint density at radius 1 is 1.47 bits per heavy atom. The van der Waals surface area contributed by atoms with Gasteiger partial charge in [0, 0.05) is 12.6 Å². The molecule has 0 amide bonds. The van der Waals surface area contributed by atoms with Crippen LogP contribution in [0.5, 0.6) is 0 Å². The lowest BCUT2D eigenvalue weighted by Crippen LogP contribution is -2.30. The third-order valence-electron chi connectivity index (χ3n) is 2.18. The largest absolute Gasteiger partial charge is 0.396 e. The van der Waals surface area contributed by atoms with Crippen LogP contribution in [0, 0.1) is 5.82 Å². The number of aliphatic hydroxyl groups excluding tert-OH is 1. The van der Waals surface area contributed by atoms with E-state index in [-0.39, 0.29) is 28.7 Å². The van der Waals surface area contributed by atoms with Gasteiger partial charge in [0.2, 0.25) is 0 Å². The monoisotopic (exact) mass is 281 g/mol. The first-order chi connectivity index (χ1) is 7.86. The molecule has 17 heavy (non-hydrogen) atoms. The molecule has 0 radical (unpaired) electrons.